The van der Waals surface area contributed by atoms with Crippen molar-refractivity contribution in [1.29, 1.82) is 0 Å². The first kappa shape index (κ1) is 15.8. The first-order chi connectivity index (χ1) is 10.3. The minimum absolute atomic E-state index is 0.0203. The molecule has 0 atom stereocenters. The van der Waals surface area contributed by atoms with Gasteiger partial charge >= 0.3 is 0 Å². The van der Waals surface area contributed by atoms with E-state index in [1.165, 1.54) is 32.1 Å². The van der Waals surface area contributed by atoms with E-state index in [0.717, 1.165) is 37.5 Å². The van der Waals surface area contributed by atoms with Crippen molar-refractivity contribution in [1.82, 2.24) is 10.3 Å². The molecular weight excluding hydrogens is 262 g/mol. The molecule has 0 aromatic carbocycles. The Labute approximate surface area is 127 Å². The fraction of sp³-hybridized carbons (Fsp3) is 0.647. The van der Waals surface area contributed by atoms with Gasteiger partial charge in [0.05, 0.1) is 11.3 Å². The summed E-state index contributed by atoms with van der Waals surface area (Å²) in [6.07, 6.45) is 12.2. The van der Waals surface area contributed by atoms with Gasteiger partial charge in [-0.05, 0) is 31.2 Å². The molecule has 0 unspecified atom stereocenters. The van der Waals surface area contributed by atoms with Crippen LogP contribution in [-0.4, -0.2) is 24.0 Å². The van der Waals surface area contributed by atoms with Crippen LogP contribution in [0.3, 0.4) is 0 Å². The average molecular weight is 289 g/mol. The molecule has 1 amide bonds. The van der Waals surface area contributed by atoms with Crippen molar-refractivity contribution in [3.63, 3.8) is 0 Å². The molecule has 4 nitrogen and oxygen atoms in total. The topological polar surface area (TPSA) is 54.0 Å². The summed E-state index contributed by atoms with van der Waals surface area (Å²) in [7, 11) is 0. The molecule has 0 bridgehead atoms. The maximum Gasteiger partial charge on any atom is 0.254 e. The Hall–Kier alpha value is -1.58. The fourth-order valence-electron chi connectivity index (χ4n) is 2.98. The van der Waals surface area contributed by atoms with Crippen molar-refractivity contribution in [3.8, 4) is 0 Å². The molecule has 21 heavy (non-hydrogen) atoms. The third kappa shape index (κ3) is 5.03. The average Bonchev–Trinajstić information content (AvgIpc) is 3.03. The fourth-order valence-corrected chi connectivity index (χ4v) is 2.98. The minimum Gasteiger partial charge on any atom is -0.384 e. The molecule has 1 heterocycles. The predicted molar refractivity (Wildman–Crippen MR) is 86.5 cm³/mol. The van der Waals surface area contributed by atoms with Crippen molar-refractivity contribution in [2.24, 2.45) is 5.92 Å². The number of rotatable bonds is 8. The Morgan fingerprint density at radius 1 is 1.33 bits per heavy atom. The van der Waals surface area contributed by atoms with Crippen LogP contribution in [0.1, 0.15) is 62.2 Å². The predicted octanol–water partition coefficient (Wildman–Crippen LogP) is 3.60. The van der Waals surface area contributed by atoms with Gasteiger partial charge in [-0.1, -0.05) is 32.6 Å². The van der Waals surface area contributed by atoms with Crippen LogP contribution in [0, 0.1) is 5.92 Å². The lowest BCUT2D eigenvalue weighted by Crippen LogP contribution is -2.26. The maximum absolute atomic E-state index is 12.2. The molecule has 1 aromatic rings. The lowest BCUT2D eigenvalue weighted by atomic mass is 10.0. The molecule has 0 saturated heterocycles. The van der Waals surface area contributed by atoms with Crippen LogP contribution >= 0.6 is 0 Å². The number of nitrogens with zero attached hydrogens (tertiary/aromatic N) is 1. The van der Waals surface area contributed by atoms with Gasteiger partial charge in [0.15, 0.2) is 0 Å². The number of amides is 1. The van der Waals surface area contributed by atoms with Crippen LogP contribution in [-0.2, 0) is 0 Å². The third-order valence-corrected chi connectivity index (χ3v) is 4.18. The van der Waals surface area contributed by atoms with E-state index in [0.29, 0.717) is 5.56 Å². The number of hydrogen-bond donors (Lipinski definition) is 2. The van der Waals surface area contributed by atoms with Gasteiger partial charge in [0, 0.05) is 25.5 Å². The summed E-state index contributed by atoms with van der Waals surface area (Å²) >= 11 is 0. The Balaban J connectivity index is 1.76. The summed E-state index contributed by atoms with van der Waals surface area (Å²) in [5.41, 5.74) is 1.52. The first-order valence-corrected chi connectivity index (χ1v) is 8.27. The number of carbonyl (C=O) groups is 1. The highest BCUT2D eigenvalue weighted by atomic mass is 16.1. The second-order valence-corrected chi connectivity index (χ2v) is 5.90. The molecule has 1 aliphatic rings. The Kier molecular flexibility index (Phi) is 6.51. The van der Waals surface area contributed by atoms with Gasteiger partial charge in [0.25, 0.3) is 5.91 Å². The van der Waals surface area contributed by atoms with Crippen molar-refractivity contribution in [3.05, 3.63) is 24.0 Å². The largest absolute Gasteiger partial charge is 0.384 e. The summed E-state index contributed by atoms with van der Waals surface area (Å²) in [6.45, 7) is 3.74. The van der Waals surface area contributed by atoms with Crippen LogP contribution in [0.5, 0.6) is 0 Å². The number of nitrogens with one attached hydrogen (secondary N) is 2. The highest BCUT2D eigenvalue weighted by molar-refractivity contribution is 5.99. The number of pyridine rings is 1. The van der Waals surface area contributed by atoms with Gasteiger partial charge in [0.1, 0.15) is 0 Å². The second kappa shape index (κ2) is 8.65. The summed E-state index contributed by atoms with van der Waals surface area (Å²) in [4.78, 5) is 16.3. The lowest BCUT2D eigenvalue weighted by molar-refractivity contribution is 0.0953. The molecule has 1 aromatic heterocycles. The van der Waals surface area contributed by atoms with Crippen molar-refractivity contribution < 1.29 is 4.79 Å². The van der Waals surface area contributed by atoms with Crippen LogP contribution in [0.25, 0.3) is 0 Å². The SMILES string of the molecule is CCCNc1ccncc1C(=O)NCCCC1CCCC1. The molecular formula is C17H27N3O. The van der Waals surface area contributed by atoms with Gasteiger partial charge < -0.3 is 10.6 Å². The summed E-state index contributed by atoms with van der Waals surface area (Å²) < 4.78 is 0. The van der Waals surface area contributed by atoms with E-state index in [-0.39, 0.29) is 5.91 Å². The zero-order chi connectivity index (χ0) is 14.9. The van der Waals surface area contributed by atoms with Crippen LogP contribution in [0.15, 0.2) is 18.5 Å². The highest BCUT2D eigenvalue weighted by Crippen LogP contribution is 2.28. The molecule has 1 fully saturated rings. The van der Waals surface area contributed by atoms with Crippen LogP contribution in [0.2, 0.25) is 0 Å². The summed E-state index contributed by atoms with van der Waals surface area (Å²) in [5, 5.41) is 6.30. The standard InChI is InChI=1S/C17H27N3O/c1-2-10-19-16-9-12-18-13-15(16)17(21)20-11-5-8-14-6-3-4-7-14/h9,12-14H,2-8,10-11H2,1H3,(H,18,19)(H,20,21). The molecule has 2 rings (SSSR count). The lowest BCUT2D eigenvalue weighted by Gasteiger charge is -2.12. The Morgan fingerprint density at radius 3 is 2.90 bits per heavy atom. The molecule has 4 heteroatoms. The van der Waals surface area contributed by atoms with Gasteiger partial charge in [-0.2, -0.15) is 0 Å². The molecule has 116 valence electrons. The number of anilines is 1. The van der Waals surface area contributed by atoms with Gasteiger partial charge in [-0.3, -0.25) is 9.78 Å². The van der Waals surface area contributed by atoms with Crippen molar-refractivity contribution in [2.75, 3.05) is 18.4 Å². The summed E-state index contributed by atoms with van der Waals surface area (Å²) in [6, 6.07) is 1.86. The zero-order valence-electron chi connectivity index (χ0n) is 13.0. The molecule has 0 spiro atoms. The second-order valence-electron chi connectivity index (χ2n) is 5.90. The molecule has 0 radical (unpaired) electrons. The Bertz CT molecular complexity index is 441. The van der Waals surface area contributed by atoms with E-state index >= 15 is 0 Å². The number of hydrogen-bond acceptors (Lipinski definition) is 3. The zero-order valence-corrected chi connectivity index (χ0v) is 13.0. The van der Waals surface area contributed by atoms with Crippen molar-refractivity contribution >= 4 is 11.6 Å². The highest BCUT2D eigenvalue weighted by Gasteiger charge is 2.15. The first-order valence-electron chi connectivity index (χ1n) is 8.27. The molecule has 1 saturated carbocycles. The molecule has 0 aliphatic heterocycles. The van der Waals surface area contributed by atoms with Crippen LogP contribution < -0.4 is 10.6 Å². The van der Waals surface area contributed by atoms with Gasteiger partial charge in [-0.15, -0.1) is 0 Å². The smallest absolute Gasteiger partial charge is 0.254 e. The van der Waals surface area contributed by atoms with Crippen molar-refractivity contribution in [2.45, 2.75) is 51.9 Å². The Morgan fingerprint density at radius 2 is 2.14 bits per heavy atom. The third-order valence-electron chi connectivity index (χ3n) is 4.18. The minimum atomic E-state index is -0.0203. The maximum atomic E-state index is 12.2. The van der Waals surface area contributed by atoms with Crippen LogP contribution in [0.4, 0.5) is 5.69 Å². The van der Waals surface area contributed by atoms with E-state index in [1.54, 1.807) is 12.4 Å². The number of carbonyl (C=O) groups excluding carboxylic acids is 1. The quantitative estimate of drug-likeness (QED) is 0.719. The van der Waals surface area contributed by atoms with E-state index in [2.05, 4.69) is 22.5 Å². The van der Waals surface area contributed by atoms with E-state index < -0.39 is 0 Å². The van der Waals surface area contributed by atoms with E-state index in [1.807, 2.05) is 6.07 Å². The monoisotopic (exact) mass is 289 g/mol. The number of aromatic nitrogens is 1. The van der Waals surface area contributed by atoms with Gasteiger partial charge in [0.2, 0.25) is 0 Å². The van der Waals surface area contributed by atoms with Gasteiger partial charge in [-0.25, -0.2) is 0 Å². The molecule has 1 aliphatic carbocycles. The normalized spacial score (nSPS) is 15.1. The van der Waals surface area contributed by atoms with E-state index in [9.17, 15) is 4.79 Å². The molecule has 2 N–H and O–H groups in total. The van der Waals surface area contributed by atoms with E-state index in [4.69, 9.17) is 0 Å². The summed E-state index contributed by atoms with van der Waals surface area (Å²) in [5.74, 6) is 0.871.